The fraction of sp³-hybridized carbons (Fsp3) is 0.182. The Morgan fingerprint density at radius 1 is 1.33 bits per heavy atom. The van der Waals surface area contributed by atoms with E-state index >= 15 is 0 Å². The molecule has 0 fully saturated rings. The Kier molecular flexibility index (Phi) is 3.37. The first-order valence-corrected chi connectivity index (χ1v) is 5.75. The first-order valence-electron chi connectivity index (χ1n) is 4.67. The van der Waals surface area contributed by atoms with Crippen molar-refractivity contribution in [3.63, 3.8) is 0 Å². The molecule has 78 valence electrons. The van der Waals surface area contributed by atoms with Crippen LogP contribution in [0.5, 0.6) is 0 Å². The summed E-state index contributed by atoms with van der Waals surface area (Å²) in [5, 5.41) is 16.4. The van der Waals surface area contributed by atoms with Crippen LogP contribution in [0.15, 0.2) is 36.7 Å². The predicted molar refractivity (Wildman–Crippen MR) is 66.4 cm³/mol. The Hall–Kier alpha value is -0.880. The average Bonchev–Trinajstić information content (AvgIpc) is 2.74. The van der Waals surface area contributed by atoms with Crippen molar-refractivity contribution >= 4 is 22.6 Å². The summed E-state index contributed by atoms with van der Waals surface area (Å²) in [6, 6.07) is 8.14. The van der Waals surface area contributed by atoms with Gasteiger partial charge in [-0.05, 0) is 40.3 Å². The van der Waals surface area contributed by atoms with Gasteiger partial charge in [0.2, 0.25) is 0 Å². The number of halogens is 1. The van der Waals surface area contributed by atoms with Crippen molar-refractivity contribution < 1.29 is 5.11 Å². The summed E-state index contributed by atoms with van der Waals surface area (Å²) in [5.41, 5.74) is 1.96. The molecule has 0 saturated heterocycles. The highest BCUT2D eigenvalue weighted by Crippen LogP contribution is 2.17. The first-order chi connectivity index (χ1) is 7.25. The lowest BCUT2D eigenvalue weighted by Gasteiger charge is -2.07. The van der Waals surface area contributed by atoms with Crippen LogP contribution in [0.1, 0.15) is 17.2 Å². The van der Waals surface area contributed by atoms with Crippen LogP contribution in [0.4, 0.5) is 0 Å². The third kappa shape index (κ3) is 2.79. The van der Waals surface area contributed by atoms with E-state index in [4.69, 9.17) is 0 Å². The van der Waals surface area contributed by atoms with Crippen molar-refractivity contribution in [1.82, 2.24) is 10.2 Å². The molecule has 0 aliphatic heterocycles. The summed E-state index contributed by atoms with van der Waals surface area (Å²) in [4.78, 5) is 0. The minimum atomic E-state index is -0.483. The summed E-state index contributed by atoms with van der Waals surface area (Å²) < 4.78 is 1.20. The van der Waals surface area contributed by atoms with Crippen LogP contribution in [-0.2, 0) is 6.42 Å². The molecule has 2 N–H and O–H groups in total. The van der Waals surface area contributed by atoms with Crippen molar-refractivity contribution in [3.8, 4) is 0 Å². The fourth-order valence-corrected chi connectivity index (χ4v) is 1.76. The summed E-state index contributed by atoms with van der Waals surface area (Å²) in [6.07, 6.45) is 3.51. The van der Waals surface area contributed by atoms with E-state index in [1.165, 1.54) is 3.57 Å². The standard InChI is InChI=1S/C11H11IN2O/c12-10-3-1-8(2-4-10)5-11(15)9-6-13-14-7-9/h1-4,6-7,11,15H,5H2,(H,13,14). The van der Waals surface area contributed by atoms with Crippen LogP contribution < -0.4 is 0 Å². The van der Waals surface area contributed by atoms with Crippen LogP contribution in [0.2, 0.25) is 0 Å². The Morgan fingerprint density at radius 3 is 2.67 bits per heavy atom. The van der Waals surface area contributed by atoms with Gasteiger partial charge >= 0.3 is 0 Å². The lowest BCUT2D eigenvalue weighted by molar-refractivity contribution is 0.178. The van der Waals surface area contributed by atoms with Gasteiger partial charge in [0.1, 0.15) is 0 Å². The average molecular weight is 314 g/mol. The molecule has 2 aromatic rings. The molecule has 1 heterocycles. The largest absolute Gasteiger partial charge is 0.388 e. The number of H-pyrrole nitrogens is 1. The maximum atomic E-state index is 9.87. The van der Waals surface area contributed by atoms with Gasteiger partial charge in [-0.2, -0.15) is 5.10 Å². The third-order valence-electron chi connectivity index (χ3n) is 2.25. The van der Waals surface area contributed by atoms with Crippen LogP contribution in [-0.4, -0.2) is 15.3 Å². The highest BCUT2D eigenvalue weighted by atomic mass is 127. The van der Waals surface area contributed by atoms with Crippen LogP contribution in [0.25, 0.3) is 0 Å². The van der Waals surface area contributed by atoms with E-state index in [1.807, 2.05) is 24.3 Å². The van der Waals surface area contributed by atoms with E-state index in [0.717, 1.165) is 11.1 Å². The Labute approximate surface area is 102 Å². The predicted octanol–water partition coefficient (Wildman–Crippen LogP) is 2.29. The molecule has 15 heavy (non-hydrogen) atoms. The highest BCUT2D eigenvalue weighted by Gasteiger charge is 2.08. The van der Waals surface area contributed by atoms with E-state index in [9.17, 15) is 5.11 Å². The minimum absolute atomic E-state index is 0.483. The molecule has 1 unspecified atom stereocenters. The molecule has 0 saturated carbocycles. The van der Waals surface area contributed by atoms with Crippen molar-refractivity contribution in [1.29, 1.82) is 0 Å². The highest BCUT2D eigenvalue weighted by molar-refractivity contribution is 14.1. The molecule has 0 aliphatic rings. The molecule has 0 aliphatic carbocycles. The first kappa shape index (κ1) is 10.6. The van der Waals surface area contributed by atoms with E-state index in [0.29, 0.717) is 6.42 Å². The third-order valence-corrected chi connectivity index (χ3v) is 2.97. The molecule has 0 radical (unpaired) electrons. The van der Waals surface area contributed by atoms with Crippen LogP contribution in [0, 0.1) is 3.57 Å². The SMILES string of the molecule is OC(Cc1ccc(I)cc1)c1cn[nH]c1. The Balaban J connectivity index is 2.06. The molecule has 3 nitrogen and oxygen atoms in total. The second-order valence-corrected chi connectivity index (χ2v) is 4.62. The number of aliphatic hydroxyl groups is 1. The van der Waals surface area contributed by atoms with Crippen molar-refractivity contribution in [2.75, 3.05) is 0 Å². The molecule has 1 atom stereocenters. The Bertz CT molecular complexity index is 411. The molecule has 0 amide bonds. The van der Waals surface area contributed by atoms with Gasteiger partial charge in [0.05, 0.1) is 12.3 Å². The normalized spacial score (nSPS) is 12.7. The van der Waals surface area contributed by atoms with Crippen LogP contribution in [0.3, 0.4) is 0 Å². The quantitative estimate of drug-likeness (QED) is 0.854. The summed E-state index contributed by atoms with van der Waals surface area (Å²) in [6.45, 7) is 0. The van der Waals surface area contributed by atoms with Gasteiger partial charge in [0.25, 0.3) is 0 Å². The molecule has 1 aromatic carbocycles. The zero-order valence-corrected chi connectivity index (χ0v) is 10.2. The maximum Gasteiger partial charge on any atom is 0.0860 e. The summed E-state index contributed by atoms with van der Waals surface area (Å²) in [5.74, 6) is 0. The molecular formula is C11H11IN2O. The molecular weight excluding hydrogens is 303 g/mol. The number of aromatic nitrogens is 2. The van der Waals surface area contributed by atoms with E-state index in [2.05, 4.69) is 32.8 Å². The lowest BCUT2D eigenvalue weighted by Crippen LogP contribution is -2.00. The molecule has 0 bridgehead atoms. The molecule has 1 aromatic heterocycles. The monoisotopic (exact) mass is 314 g/mol. The number of rotatable bonds is 3. The minimum Gasteiger partial charge on any atom is -0.388 e. The lowest BCUT2D eigenvalue weighted by atomic mass is 10.0. The second-order valence-electron chi connectivity index (χ2n) is 3.38. The number of aromatic amines is 1. The number of hydrogen-bond acceptors (Lipinski definition) is 2. The van der Waals surface area contributed by atoms with Crippen molar-refractivity contribution in [3.05, 3.63) is 51.4 Å². The smallest absolute Gasteiger partial charge is 0.0860 e. The Morgan fingerprint density at radius 2 is 2.07 bits per heavy atom. The number of benzene rings is 1. The van der Waals surface area contributed by atoms with Gasteiger partial charge in [0, 0.05) is 21.8 Å². The van der Waals surface area contributed by atoms with Gasteiger partial charge < -0.3 is 5.11 Å². The molecule has 4 heteroatoms. The fourth-order valence-electron chi connectivity index (χ4n) is 1.40. The number of aliphatic hydroxyl groups excluding tert-OH is 1. The van der Waals surface area contributed by atoms with Gasteiger partial charge in [-0.15, -0.1) is 0 Å². The summed E-state index contributed by atoms with van der Waals surface area (Å²) in [7, 11) is 0. The van der Waals surface area contributed by atoms with E-state index in [1.54, 1.807) is 12.4 Å². The van der Waals surface area contributed by atoms with Gasteiger partial charge in [-0.3, -0.25) is 5.10 Å². The van der Waals surface area contributed by atoms with Gasteiger partial charge in [0.15, 0.2) is 0 Å². The van der Waals surface area contributed by atoms with E-state index in [-0.39, 0.29) is 0 Å². The zero-order chi connectivity index (χ0) is 10.7. The van der Waals surface area contributed by atoms with Gasteiger partial charge in [-0.1, -0.05) is 12.1 Å². The topological polar surface area (TPSA) is 48.9 Å². The number of hydrogen-bond donors (Lipinski definition) is 2. The van der Waals surface area contributed by atoms with E-state index < -0.39 is 6.10 Å². The van der Waals surface area contributed by atoms with Crippen molar-refractivity contribution in [2.24, 2.45) is 0 Å². The van der Waals surface area contributed by atoms with Gasteiger partial charge in [-0.25, -0.2) is 0 Å². The van der Waals surface area contributed by atoms with Crippen LogP contribution >= 0.6 is 22.6 Å². The molecule has 2 rings (SSSR count). The van der Waals surface area contributed by atoms with Crippen molar-refractivity contribution in [2.45, 2.75) is 12.5 Å². The zero-order valence-electron chi connectivity index (χ0n) is 8.02. The maximum absolute atomic E-state index is 9.87. The molecule has 0 spiro atoms. The number of nitrogens with zero attached hydrogens (tertiary/aromatic N) is 1. The second kappa shape index (κ2) is 4.76. The number of nitrogens with one attached hydrogen (secondary N) is 1. The summed E-state index contributed by atoms with van der Waals surface area (Å²) >= 11 is 2.26.